The lowest BCUT2D eigenvalue weighted by Crippen LogP contribution is -2.12. The number of aromatic nitrogens is 3. The van der Waals surface area contributed by atoms with Crippen LogP contribution < -0.4 is 0 Å². The topological polar surface area (TPSA) is 47.8 Å². The van der Waals surface area contributed by atoms with Crippen LogP contribution in [0.1, 0.15) is 35.1 Å². The molecule has 0 bridgehead atoms. The van der Waals surface area contributed by atoms with Crippen molar-refractivity contribution in [2.24, 2.45) is 0 Å². The van der Waals surface area contributed by atoms with Gasteiger partial charge in [0.15, 0.2) is 5.78 Å². The van der Waals surface area contributed by atoms with Gasteiger partial charge in [0.05, 0.1) is 6.42 Å². The molecular formula is C14H17N3O. The van der Waals surface area contributed by atoms with Crippen LogP contribution in [0.4, 0.5) is 0 Å². The Morgan fingerprint density at radius 3 is 2.83 bits per heavy atom. The first-order valence-corrected chi connectivity index (χ1v) is 6.18. The Labute approximate surface area is 107 Å². The number of aryl methyl sites for hydroxylation is 2. The highest BCUT2D eigenvalue weighted by Gasteiger charge is 2.13. The number of nitrogens with zero attached hydrogens (tertiary/aromatic N) is 3. The van der Waals surface area contributed by atoms with E-state index in [1.54, 1.807) is 4.68 Å². The third kappa shape index (κ3) is 2.64. The molecule has 0 saturated carbocycles. The van der Waals surface area contributed by atoms with Gasteiger partial charge in [0.25, 0.3) is 0 Å². The summed E-state index contributed by atoms with van der Waals surface area (Å²) in [5, 5.41) is 4.13. The van der Waals surface area contributed by atoms with Gasteiger partial charge in [0, 0.05) is 12.1 Å². The summed E-state index contributed by atoms with van der Waals surface area (Å²) in [5.74, 6) is 0.837. The minimum atomic E-state index is 0.0958. The number of hydrogen-bond acceptors (Lipinski definition) is 3. The molecule has 1 aromatic carbocycles. The van der Waals surface area contributed by atoms with Crippen LogP contribution in [0.5, 0.6) is 0 Å². The second-order valence-electron chi connectivity index (χ2n) is 4.31. The Balaban J connectivity index is 2.17. The molecule has 0 atom stereocenters. The molecule has 0 amide bonds. The summed E-state index contributed by atoms with van der Waals surface area (Å²) in [6.07, 6.45) is 2.80. The van der Waals surface area contributed by atoms with Gasteiger partial charge in [-0.3, -0.25) is 4.79 Å². The second-order valence-corrected chi connectivity index (χ2v) is 4.31. The number of benzene rings is 1. The number of Topliss-reactive ketones (excluding diaryl/α,β-unsaturated/α-hetero) is 1. The van der Waals surface area contributed by atoms with Gasteiger partial charge >= 0.3 is 0 Å². The lowest BCUT2D eigenvalue weighted by atomic mass is 10.0. The first-order valence-electron chi connectivity index (χ1n) is 6.18. The van der Waals surface area contributed by atoms with Crippen LogP contribution in [0, 0.1) is 6.92 Å². The summed E-state index contributed by atoms with van der Waals surface area (Å²) in [4.78, 5) is 16.4. The zero-order valence-corrected chi connectivity index (χ0v) is 10.8. The van der Waals surface area contributed by atoms with Gasteiger partial charge in [0.2, 0.25) is 0 Å². The molecule has 94 valence electrons. The first-order chi connectivity index (χ1) is 8.72. The van der Waals surface area contributed by atoms with Crippen molar-refractivity contribution in [2.45, 2.75) is 33.2 Å². The van der Waals surface area contributed by atoms with Crippen LogP contribution >= 0.6 is 0 Å². The summed E-state index contributed by atoms with van der Waals surface area (Å²) in [6.45, 7) is 4.83. The highest BCUT2D eigenvalue weighted by Crippen LogP contribution is 2.10. The minimum absolute atomic E-state index is 0.0958. The second kappa shape index (κ2) is 5.58. The molecule has 1 heterocycles. The van der Waals surface area contributed by atoms with Crippen molar-refractivity contribution < 1.29 is 4.79 Å². The average molecular weight is 243 g/mol. The minimum Gasteiger partial charge on any atom is -0.294 e. The summed E-state index contributed by atoms with van der Waals surface area (Å²) >= 11 is 0. The SMILES string of the molecule is CCCn1ncnc1CC(=O)c1ccccc1C. The summed E-state index contributed by atoms with van der Waals surface area (Å²) in [6, 6.07) is 7.63. The van der Waals surface area contributed by atoms with E-state index in [2.05, 4.69) is 17.0 Å². The third-order valence-corrected chi connectivity index (χ3v) is 2.90. The van der Waals surface area contributed by atoms with Crippen LogP contribution in [-0.4, -0.2) is 20.5 Å². The van der Waals surface area contributed by atoms with Crippen LogP contribution in [-0.2, 0) is 13.0 Å². The Kier molecular flexibility index (Phi) is 3.87. The van der Waals surface area contributed by atoms with Crippen molar-refractivity contribution in [3.8, 4) is 0 Å². The zero-order chi connectivity index (χ0) is 13.0. The van der Waals surface area contributed by atoms with Gasteiger partial charge in [-0.05, 0) is 18.9 Å². The Morgan fingerprint density at radius 1 is 1.33 bits per heavy atom. The Bertz CT molecular complexity index is 545. The first kappa shape index (κ1) is 12.5. The van der Waals surface area contributed by atoms with Gasteiger partial charge in [-0.15, -0.1) is 0 Å². The number of carbonyl (C=O) groups is 1. The summed E-state index contributed by atoms with van der Waals surface area (Å²) < 4.78 is 1.80. The van der Waals surface area contributed by atoms with E-state index < -0.39 is 0 Å². The Hall–Kier alpha value is -1.97. The highest BCUT2D eigenvalue weighted by atomic mass is 16.1. The fraction of sp³-hybridized carbons (Fsp3) is 0.357. The van der Waals surface area contributed by atoms with Crippen LogP contribution in [0.15, 0.2) is 30.6 Å². The third-order valence-electron chi connectivity index (χ3n) is 2.90. The van der Waals surface area contributed by atoms with E-state index in [4.69, 9.17) is 0 Å². The summed E-state index contributed by atoms with van der Waals surface area (Å²) in [7, 11) is 0. The van der Waals surface area contributed by atoms with E-state index in [-0.39, 0.29) is 5.78 Å². The number of hydrogen-bond donors (Lipinski definition) is 0. The molecule has 0 radical (unpaired) electrons. The monoisotopic (exact) mass is 243 g/mol. The maximum atomic E-state index is 12.2. The molecule has 0 unspecified atom stereocenters. The van der Waals surface area contributed by atoms with Gasteiger partial charge in [0.1, 0.15) is 12.2 Å². The normalized spacial score (nSPS) is 10.6. The fourth-order valence-corrected chi connectivity index (χ4v) is 1.95. The van der Waals surface area contributed by atoms with E-state index in [9.17, 15) is 4.79 Å². The van der Waals surface area contributed by atoms with Crippen molar-refractivity contribution >= 4 is 5.78 Å². The van der Waals surface area contributed by atoms with Gasteiger partial charge in [-0.1, -0.05) is 31.2 Å². The summed E-state index contributed by atoms with van der Waals surface area (Å²) in [5.41, 5.74) is 1.77. The molecule has 4 nitrogen and oxygen atoms in total. The number of ketones is 1. The maximum absolute atomic E-state index is 12.2. The predicted molar refractivity (Wildman–Crippen MR) is 69.5 cm³/mol. The Morgan fingerprint density at radius 2 is 2.11 bits per heavy atom. The quantitative estimate of drug-likeness (QED) is 0.758. The lowest BCUT2D eigenvalue weighted by molar-refractivity contribution is 0.0988. The maximum Gasteiger partial charge on any atom is 0.170 e. The number of carbonyl (C=O) groups excluding carboxylic acids is 1. The molecule has 0 aliphatic carbocycles. The van der Waals surface area contributed by atoms with Crippen LogP contribution in [0.25, 0.3) is 0 Å². The van der Waals surface area contributed by atoms with E-state index >= 15 is 0 Å². The molecule has 1 aromatic heterocycles. The molecule has 2 rings (SSSR count). The average Bonchev–Trinajstić information content (AvgIpc) is 2.78. The zero-order valence-electron chi connectivity index (χ0n) is 10.8. The smallest absolute Gasteiger partial charge is 0.170 e. The molecule has 4 heteroatoms. The molecule has 2 aromatic rings. The molecular weight excluding hydrogens is 226 g/mol. The van der Waals surface area contributed by atoms with Crippen molar-refractivity contribution in [1.82, 2.24) is 14.8 Å². The van der Waals surface area contributed by atoms with Gasteiger partial charge in [-0.25, -0.2) is 9.67 Å². The van der Waals surface area contributed by atoms with E-state index in [0.29, 0.717) is 6.42 Å². The van der Waals surface area contributed by atoms with E-state index in [0.717, 1.165) is 29.9 Å². The van der Waals surface area contributed by atoms with Crippen LogP contribution in [0.2, 0.25) is 0 Å². The van der Waals surface area contributed by atoms with Crippen molar-refractivity contribution in [3.05, 3.63) is 47.5 Å². The van der Waals surface area contributed by atoms with Gasteiger partial charge < -0.3 is 0 Å². The highest BCUT2D eigenvalue weighted by molar-refractivity contribution is 5.98. The lowest BCUT2D eigenvalue weighted by Gasteiger charge is -2.06. The van der Waals surface area contributed by atoms with E-state index in [1.165, 1.54) is 6.33 Å². The molecule has 0 aliphatic heterocycles. The predicted octanol–water partition coefficient (Wildman–Crippen LogP) is 2.42. The number of rotatable bonds is 5. The van der Waals surface area contributed by atoms with Gasteiger partial charge in [-0.2, -0.15) is 5.10 Å². The molecule has 18 heavy (non-hydrogen) atoms. The standard InChI is InChI=1S/C14H17N3O/c1-3-8-17-14(15-10-16-17)9-13(18)12-7-5-4-6-11(12)2/h4-7,10H,3,8-9H2,1-2H3. The fourth-order valence-electron chi connectivity index (χ4n) is 1.95. The van der Waals surface area contributed by atoms with Crippen molar-refractivity contribution in [2.75, 3.05) is 0 Å². The van der Waals surface area contributed by atoms with Crippen LogP contribution in [0.3, 0.4) is 0 Å². The van der Waals surface area contributed by atoms with E-state index in [1.807, 2.05) is 31.2 Å². The largest absolute Gasteiger partial charge is 0.294 e. The van der Waals surface area contributed by atoms with Crippen molar-refractivity contribution in [3.63, 3.8) is 0 Å². The van der Waals surface area contributed by atoms with Crippen molar-refractivity contribution in [1.29, 1.82) is 0 Å². The molecule has 0 N–H and O–H groups in total. The molecule has 0 spiro atoms. The molecule has 0 saturated heterocycles. The molecule has 0 fully saturated rings. The molecule has 0 aliphatic rings.